The maximum atomic E-state index is 10.9. The molecule has 2 rings (SSSR count). The molecule has 0 N–H and O–H groups in total. The van der Waals surface area contributed by atoms with Crippen LogP contribution in [0.3, 0.4) is 0 Å². The van der Waals surface area contributed by atoms with Gasteiger partial charge in [-0.2, -0.15) is 0 Å². The van der Waals surface area contributed by atoms with Crippen LogP contribution in [0.5, 0.6) is 0 Å². The Morgan fingerprint density at radius 1 is 1.00 bits per heavy atom. The molecule has 0 atom stereocenters. The van der Waals surface area contributed by atoms with Crippen LogP contribution in [-0.4, -0.2) is 13.1 Å². The molecule has 0 spiro atoms. The number of esters is 1. The zero-order chi connectivity index (χ0) is 13.5. The summed E-state index contributed by atoms with van der Waals surface area (Å²) in [5.74, 6) is 4.65. The normalized spacial score (nSPS) is 9.32. The van der Waals surface area contributed by atoms with Gasteiger partial charge in [-0.25, -0.2) is 4.79 Å². The standard InChI is InChI=1S/C17H14O2/c1-19-17(18)12-11-14-7-9-16(10-8-14)13-15-5-3-2-4-6-15/h2-10H,13H2,1H3. The minimum atomic E-state index is -0.520. The first-order valence-corrected chi connectivity index (χ1v) is 6.01. The van der Waals surface area contributed by atoms with Gasteiger partial charge in [0.15, 0.2) is 0 Å². The van der Waals surface area contributed by atoms with Crippen LogP contribution in [0, 0.1) is 11.8 Å². The van der Waals surface area contributed by atoms with E-state index in [2.05, 4.69) is 28.7 Å². The third-order valence-electron chi connectivity index (χ3n) is 2.70. The Balaban J connectivity index is 2.06. The summed E-state index contributed by atoms with van der Waals surface area (Å²) in [6.45, 7) is 0. The SMILES string of the molecule is COC(=O)C#Cc1ccc(Cc2ccccc2)cc1. The Morgan fingerprint density at radius 3 is 2.26 bits per heavy atom. The zero-order valence-electron chi connectivity index (χ0n) is 10.7. The average Bonchev–Trinajstić information content (AvgIpc) is 2.47. The van der Waals surface area contributed by atoms with E-state index in [1.54, 1.807) is 0 Å². The number of benzene rings is 2. The molecule has 0 aliphatic rings. The largest absolute Gasteiger partial charge is 0.459 e. The van der Waals surface area contributed by atoms with Crippen molar-refractivity contribution in [3.63, 3.8) is 0 Å². The Kier molecular flexibility index (Phi) is 4.36. The van der Waals surface area contributed by atoms with Crippen LogP contribution in [0.4, 0.5) is 0 Å². The fourth-order valence-electron chi connectivity index (χ4n) is 1.71. The van der Waals surface area contributed by atoms with Gasteiger partial charge in [-0.05, 0) is 29.7 Å². The molecular formula is C17H14O2. The predicted molar refractivity (Wildman–Crippen MR) is 74.6 cm³/mol. The van der Waals surface area contributed by atoms with Crippen LogP contribution in [0.1, 0.15) is 16.7 Å². The van der Waals surface area contributed by atoms with Crippen molar-refractivity contribution in [2.75, 3.05) is 7.11 Å². The number of hydrogen-bond acceptors (Lipinski definition) is 2. The minimum Gasteiger partial charge on any atom is -0.459 e. The number of hydrogen-bond donors (Lipinski definition) is 0. The lowest BCUT2D eigenvalue weighted by molar-refractivity contribution is -0.133. The van der Waals surface area contributed by atoms with Crippen LogP contribution < -0.4 is 0 Å². The molecule has 19 heavy (non-hydrogen) atoms. The lowest BCUT2D eigenvalue weighted by Crippen LogP contribution is -1.94. The zero-order valence-corrected chi connectivity index (χ0v) is 10.7. The molecule has 0 amide bonds. The Morgan fingerprint density at radius 2 is 1.63 bits per heavy atom. The van der Waals surface area contributed by atoms with Crippen LogP contribution >= 0.6 is 0 Å². The Hall–Kier alpha value is -2.53. The quantitative estimate of drug-likeness (QED) is 0.605. The van der Waals surface area contributed by atoms with Gasteiger partial charge < -0.3 is 4.74 Å². The summed E-state index contributed by atoms with van der Waals surface area (Å²) in [5.41, 5.74) is 3.30. The molecule has 0 bridgehead atoms. The summed E-state index contributed by atoms with van der Waals surface area (Å²) in [6.07, 6.45) is 0.894. The first-order chi connectivity index (χ1) is 9.28. The first kappa shape index (κ1) is 12.9. The van der Waals surface area contributed by atoms with E-state index in [4.69, 9.17) is 0 Å². The van der Waals surface area contributed by atoms with Gasteiger partial charge in [0, 0.05) is 11.5 Å². The van der Waals surface area contributed by atoms with Crippen molar-refractivity contribution < 1.29 is 9.53 Å². The maximum absolute atomic E-state index is 10.9. The monoisotopic (exact) mass is 250 g/mol. The molecule has 0 saturated heterocycles. The number of carbonyl (C=O) groups is 1. The van der Waals surface area contributed by atoms with E-state index in [1.165, 1.54) is 18.2 Å². The van der Waals surface area contributed by atoms with Crippen molar-refractivity contribution in [3.8, 4) is 11.8 Å². The second-order valence-electron chi connectivity index (χ2n) is 4.10. The van der Waals surface area contributed by atoms with Crippen LogP contribution in [0.15, 0.2) is 54.6 Å². The fraction of sp³-hybridized carbons (Fsp3) is 0.118. The summed E-state index contributed by atoms with van der Waals surface area (Å²) in [6, 6.07) is 18.1. The van der Waals surface area contributed by atoms with E-state index in [-0.39, 0.29) is 0 Å². The second-order valence-corrected chi connectivity index (χ2v) is 4.10. The van der Waals surface area contributed by atoms with E-state index in [1.807, 2.05) is 42.5 Å². The van der Waals surface area contributed by atoms with Crippen molar-refractivity contribution in [2.45, 2.75) is 6.42 Å². The van der Waals surface area contributed by atoms with Crippen LogP contribution in [0.2, 0.25) is 0 Å². The van der Waals surface area contributed by atoms with Gasteiger partial charge >= 0.3 is 5.97 Å². The highest BCUT2D eigenvalue weighted by molar-refractivity contribution is 5.88. The first-order valence-electron chi connectivity index (χ1n) is 6.01. The van der Waals surface area contributed by atoms with Crippen molar-refractivity contribution in [1.82, 2.24) is 0 Å². The third-order valence-corrected chi connectivity index (χ3v) is 2.70. The third kappa shape index (κ3) is 4.01. The molecule has 0 unspecified atom stereocenters. The number of methoxy groups -OCH3 is 1. The number of ether oxygens (including phenoxy) is 1. The highest BCUT2D eigenvalue weighted by atomic mass is 16.5. The van der Waals surface area contributed by atoms with Gasteiger partial charge in [0.25, 0.3) is 0 Å². The molecule has 2 heteroatoms. The highest BCUT2D eigenvalue weighted by Gasteiger charge is 1.96. The lowest BCUT2D eigenvalue weighted by Gasteiger charge is -2.01. The molecule has 0 aromatic heterocycles. The Labute approximate surface area is 113 Å². The topological polar surface area (TPSA) is 26.3 Å². The smallest absolute Gasteiger partial charge is 0.384 e. The van der Waals surface area contributed by atoms with Crippen LogP contribution in [-0.2, 0) is 16.0 Å². The summed E-state index contributed by atoms with van der Waals surface area (Å²) in [7, 11) is 1.32. The summed E-state index contributed by atoms with van der Waals surface area (Å²) in [5, 5.41) is 0. The fourth-order valence-corrected chi connectivity index (χ4v) is 1.71. The molecule has 2 aromatic rings. The molecule has 0 aliphatic heterocycles. The van der Waals surface area contributed by atoms with Gasteiger partial charge in [-0.15, -0.1) is 0 Å². The highest BCUT2D eigenvalue weighted by Crippen LogP contribution is 2.10. The molecule has 0 heterocycles. The number of rotatable bonds is 2. The van der Waals surface area contributed by atoms with Gasteiger partial charge in [-0.3, -0.25) is 0 Å². The number of carbonyl (C=O) groups excluding carboxylic acids is 1. The van der Waals surface area contributed by atoms with E-state index < -0.39 is 5.97 Å². The summed E-state index contributed by atoms with van der Waals surface area (Å²) in [4.78, 5) is 10.9. The van der Waals surface area contributed by atoms with Crippen LogP contribution in [0.25, 0.3) is 0 Å². The molecule has 2 aromatic carbocycles. The van der Waals surface area contributed by atoms with Gasteiger partial charge in [-0.1, -0.05) is 48.4 Å². The van der Waals surface area contributed by atoms with Gasteiger partial charge in [0.1, 0.15) is 0 Å². The Bertz CT molecular complexity index is 601. The molecule has 0 aliphatic carbocycles. The van der Waals surface area contributed by atoms with E-state index >= 15 is 0 Å². The molecule has 0 fully saturated rings. The minimum absolute atomic E-state index is 0.520. The van der Waals surface area contributed by atoms with Crippen molar-refractivity contribution in [3.05, 3.63) is 71.3 Å². The van der Waals surface area contributed by atoms with Gasteiger partial charge in [0.2, 0.25) is 0 Å². The van der Waals surface area contributed by atoms with Gasteiger partial charge in [0.05, 0.1) is 7.11 Å². The average molecular weight is 250 g/mol. The predicted octanol–water partition coefficient (Wildman–Crippen LogP) is 2.80. The molecule has 0 radical (unpaired) electrons. The summed E-state index contributed by atoms with van der Waals surface area (Å²) >= 11 is 0. The lowest BCUT2D eigenvalue weighted by atomic mass is 10.0. The molecular weight excluding hydrogens is 236 g/mol. The van der Waals surface area contributed by atoms with E-state index in [9.17, 15) is 4.79 Å². The van der Waals surface area contributed by atoms with E-state index in [0.717, 1.165) is 12.0 Å². The van der Waals surface area contributed by atoms with E-state index in [0.29, 0.717) is 0 Å². The maximum Gasteiger partial charge on any atom is 0.384 e. The van der Waals surface area contributed by atoms with Crippen molar-refractivity contribution in [1.29, 1.82) is 0 Å². The molecule has 0 saturated carbocycles. The molecule has 2 nitrogen and oxygen atoms in total. The van der Waals surface area contributed by atoms with Crippen molar-refractivity contribution >= 4 is 5.97 Å². The molecule has 94 valence electrons. The second kappa shape index (κ2) is 6.42. The van der Waals surface area contributed by atoms with Crippen molar-refractivity contribution in [2.24, 2.45) is 0 Å². The summed E-state index contributed by atoms with van der Waals surface area (Å²) < 4.78 is 4.46.